The normalized spacial score (nSPS) is 17.0. The Balaban J connectivity index is 1.58. The smallest absolute Gasteiger partial charge is 0.242 e. The van der Waals surface area contributed by atoms with Crippen molar-refractivity contribution in [2.75, 3.05) is 0 Å². The van der Waals surface area contributed by atoms with Crippen LogP contribution in [0.5, 0.6) is 0 Å². The van der Waals surface area contributed by atoms with Crippen LogP contribution >= 0.6 is 11.6 Å². The van der Waals surface area contributed by atoms with Gasteiger partial charge in [0.15, 0.2) is 15.7 Å². The van der Waals surface area contributed by atoms with Crippen molar-refractivity contribution in [1.82, 2.24) is 10.1 Å². The second-order valence-electron chi connectivity index (χ2n) is 6.40. The molecule has 0 bridgehead atoms. The topological polar surface area (TPSA) is 73.1 Å². The lowest BCUT2D eigenvalue weighted by Gasteiger charge is -2.22. The molecule has 4 rings (SSSR count). The summed E-state index contributed by atoms with van der Waals surface area (Å²) in [5.74, 6) is 0.392. The fourth-order valence-corrected chi connectivity index (χ4v) is 4.66. The maximum absolute atomic E-state index is 12.5. The average Bonchev–Trinajstić information content (AvgIpc) is 3.09. The first-order chi connectivity index (χ1) is 12.5. The molecular weight excluding hydrogens is 372 g/mol. The lowest BCUT2D eigenvalue weighted by molar-refractivity contribution is 0.378. The minimum absolute atomic E-state index is 0.0516. The van der Waals surface area contributed by atoms with E-state index in [0.29, 0.717) is 10.8 Å². The van der Waals surface area contributed by atoms with Crippen LogP contribution < -0.4 is 0 Å². The predicted molar refractivity (Wildman–Crippen MR) is 97.9 cm³/mol. The van der Waals surface area contributed by atoms with Crippen LogP contribution in [-0.4, -0.2) is 18.6 Å². The molecule has 3 aromatic rings. The SMILES string of the molecule is O=S(=O)(Cc1nc(C2CCCc3ccccc32)no1)c1ccc(Cl)cc1. The first kappa shape index (κ1) is 17.2. The molecule has 0 saturated heterocycles. The Morgan fingerprint density at radius 1 is 1.12 bits per heavy atom. The summed E-state index contributed by atoms with van der Waals surface area (Å²) in [5.41, 5.74) is 2.50. The van der Waals surface area contributed by atoms with Crippen molar-refractivity contribution in [2.24, 2.45) is 0 Å². The van der Waals surface area contributed by atoms with Crippen molar-refractivity contribution in [1.29, 1.82) is 0 Å². The van der Waals surface area contributed by atoms with Crippen molar-refractivity contribution < 1.29 is 12.9 Å². The van der Waals surface area contributed by atoms with Gasteiger partial charge in [0, 0.05) is 10.9 Å². The third-order valence-electron chi connectivity index (χ3n) is 4.65. The Hall–Kier alpha value is -2.18. The molecule has 1 atom stereocenters. The molecule has 0 N–H and O–H groups in total. The van der Waals surface area contributed by atoms with Gasteiger partial charge in [-0.15, -0.1) is 0 Å². The van der Waals surface area contributed by atoms with E-state index < -0.39 is 9.84 Å². The minimum Gasteiger partial charge on any atom is -0.338 e. The molecule has 134 valence electrons. The van der Waals surface area contributed by atoms with Crippen LogP contribution in [0.25, 0.3) is 0 Å². The monoisotopic (exact) mass is 388 g/mol. The summed E-state index contributed by atoms with van der Waals surface area (Å²) in [6, 6.07) is 14.3. The molecular formula is C19H17ClN2O3S. The van der Waals surface area contributed by atoms with Crippen molar-refractivity contribution >= 4 is 21.4 Å². The van der Waals surface area contributed by atoms with Gasteiger partial charge in [-0.25, -0.2) is 8.42 Å². The number of hydrogen-bond donors (Lipinski definition) is 0. The number of halogens is 1. The molecule has 1 unspecified atom stereocenters. The molecule has 2 aromatic carbocycles. The van der Waals surface area contributed by atoms with Crippen LogP contribution in [0.1, 0.15) is 41.6 Å². The van der Waals surface area contributed by atoms with E-state index >= 15 is 0 Å². The second-order valence-corrected chi connectivity index (χ2v) is 8.83. The zero-order valence-corrected chi connectivity index (χ0v) is 15.5. The molecule has 0 amide bonds. The van der Waals surface area contributed by atoms with E-state index in [2.05, 4.69) is 22.3 Å². The van der Waals surface area contributed by atoms with Crippen LogP contribution in [0.3, 0.4) is 0 Å². The third-order valence-corrected chi connectivity index (χ3v) is 6.52. The van der Waals surface area contributed by atoms with Gasteiger partial charge in [-0.05, 0) is 54.7 Å². The van der Waals surface area contributed by atoms with Crippen molar-refractivity contribution in [3.05, 3.63) is 76.4 Å². The molecule has 0 radical (unpaired) electrons. The molecule has 7 heteroatoms. The summed E-state index contributed by atoms with van der Waals surface area (Å²) in [4.78, 5) is 4.56. The quantitative estimate of drug-likeness (QED) is 0.670. The van der Waals surface area contributed by atoms with Crippen molar-refractivity contribution in [3.63, 3.8) is 0 Å². The highest BCUT2D eigenvalue weighted by molar-refractivity contribution is 7.90. The van der Waals surface area contributed by atoms with Gasteiger partial charge < -0.3 is 4.52 Å². The van der Waals surface area contributed by atoms with Crippen molar-refractivity contribution in [3.8, 4) is 0 Å². The molecule has 0 fully saturated rings. The van der Waals surface area contributed by atoms with Crippen LogP contribution in [0.4, 0.5) is 0 Å². The van der Waals surface area contributed by atoms with E-state index in [9.17, 15) is 8.42 Å². The van der Waals surface area contributed by atoms with Gasteiger partial charge in [0.25, 0.3) is 0 Å². The average molecular weight is 389 g/mol. The summed E-state index contributed by atoms with van der Waals surface area (Å²) in [7, 11) is -3.56. The number of rotatable bonds is 4. The molecule has 1 aliphatic carbocycles. The molecule has 26 heavy (non-hydrogen) atoms. The number of nitrogens with zero attached hydrogens (tertiary/aromatic N) is 2. The molecule has 5 nitrogen and oxygen atoms in total. The zero-order chi connectivity index (χ0) is 18.1. The number of hydrogen-bond acceptors (Lipinski definition) is 5. The van der Waals surface area contributed by atoms with E-state index in [1.54, 1.807) is 12.1 Å². The van der Waals surface area contributed by atoms with Gasteiger partial charge in [-0.2, -0.15) is 4.98 Å². The highest BCUT2D eigenvalue weighted by Crippen LogP contribution is 2.35. The maximum atomic E-state index is 12.5. The fraction of sp³-hybridized carbons (Fsp3) is 0.263. The highest BCUT2D eigenvalue weighted by atomic mass is 35.5. The molecule has 0 aliphatic heterocycles. The van der Waals surface area contributed by atoms with Gasteiger partial charge >= 0.3 is 0 Å². The van der Waals surface area contributed by atoms with Gasteiger partial charge in [-0.3, -0.25) is 0 Å². The molecule has 0 spiro atoms. The summed E-state index contributed by atoms with van der Waals surface area (Å²) < 4.78 is 30.3. The number of benzene rings is 2. The van der Waals surface area contributed by atoms with Crippen LogP contribution in [0.15, 0.2) is 57.9 Å². The standard InChI is InChI=1S/C19H17ClN2O3S/c20-14-8-10-15(11-9-14)26(23,24)12-18-21-19(22-25-18)17-7-3-5-13-4-1-2-6-16(13)17/h1-2,4,6,8-11,17H,3,5,7,12H2. The highest BCUT2D eigenvalue weighted by Gasteiger charge is 2.27. The number of aromatic nitrogens is 2. The molecule has 1 aliphatic rings. The van der Waals surface area contributed by atoms with Crippen LogP contribution in [0, 0.1) is 0 Å². The lowest BCUT2D eigenvalue weighted by Crippen LogP contribution is -2.12. The Kier molecular flexibility index (Phi) is 4.54. The molecule has 1 heterocycles. The second kappa shape index (κ2) is 6.85. The lowest BCUT2D eigenvalue weighted by atomic mass is 9.82. The van der Waals surface area contributed by atoms with E-state index in [-0.39, 0.29) is 22.5 Å². The summed E-state index contributed by atoms with van der Waals surface area (Å²) >= 11 is 5.82. The largest absolute Gasteiger partial charge is 0.338 e. The summed E-state index contributed by atoms with van der Waals surface area (Å²) in [6.45, 7) is 0. The van der Waals surface area contributed by atoms with Gasteiger partial charge in [-0.1, -0.05) is 41.0 Å². The van der Waals surface area contributed by atoms with Crippen LogP contribution in [0.2, 0.25) is 5.02 Å². The van der Waals surface area contributed by atoms with E-state index in [1.807, 2.05) is 12.1 Å². The maximum Gasteiger partial charge on any atom is 0.242 e. The Bertz CT molecular complexity index is 1030. The summed E-state index contributed by atoms with van der Waals surface area (Å²) in [5, 5.41) is 4.55. The number of aryl methyl sites for hydroxylation is 1. The first-order valence-electron chi connectivity index (χ1n) is 8.41. The van der Waals surface area contributed by atoms with Gasteiger partial charge in [0.2, 0.25) is 5.89 Å². The first-order valence-corrected chi connectivity index (χ1v) is 10.4. The van der Waals surface area contributed by atoms with E-state index in [4.69, 9.17) is 16.1 Å². The van der Waals surface area contributed by atoms with Crippen molar-refractivity contribution in [2.45, 2.75) is 35.8 Å². The molecule has 0 saturated carbocycles. The van der Waals surface area contributed by atoms with Crippen LogP contribution in [-0.2, 0) is 22.0 Å². The number of fused-ring (bicyclic) bond motifs is 1. The number of sulfone groups is 1. The Labute approximate surface area is 156 Å². The van der Waals surface area contributed by atoms with Gasteiger partial charge in [0.05, 0.1) is 4.90 Å². The minimum atomic E-state index is -3.56. The fourth-order valence-electron chi connectivity index (χ4n) is 3.38. The summed E-state index contributed by atoms with van der Waals surface area (Å²) in [6.07, 6.45) is 3.02. The van der Waals surface area contributed by atoms with Gasteiger partial charge in [0.1, 0.15) is 5.75 Å². The zero-order valence-electron chi connectivity index (χ0n) is 13.9. The Morgan fingerprint density at radius 3 is 2.69 bits per heavy atom. The van der Waals surface area contributed by atoms with E-state index in [1.165, 1.54) is 23.3 Å². The predicted octanol–water partition coefficient (Wildman–Crippen LogP) is 4.17. The Morgan fingerprint density at radius 2 is 1.88 bits per heavy atom. The van der Waals surface area contributed by atoms with E-state index in [0.717, 1.165) is 19.3 Å². The third kappa shape index (κ3) is 3.39. The molecule has 1 aromatic heterocycles.